The third-order valence-electron chi connectivity index (χ3n) is 3.51. The largest absolute Gasteiger partial charge is 0.493 e. The molecule has 1 atom stereocenters. The van der Waals surface area contributed by atoms with Crippen LogP contribution in [0.3, 0.4) is 0 Å². The second-order valence-electron chi connectivity index (χ2n) is 5.16. The van der Waals surface area contributed by atoms with Gasteiger partial charge in [-0.3, -0.25) is 4.79 Å². The number of halogens is 2. The molecule has 0 saturated carbocycles. The number of hydrogen-bond donors (Lipinski definition) is 1. The minimum absolute atomic E-state index is 0.0517. The molecule has 0 heterocycles. The Labute approximate surface area is 145 Å². The Balaban J connectivity index is 2.16. The number of carbonyl (C=O) groups is 1. The number of carbonyl (C=O) groups excluding carboxylic acids is 1. The van der Waals surface area contributed by atoms with Crippen LogP contribution < -0.4 is 14.8 Å². The molecule has 0 aliphatic carbocycles. The maximum Gasteiger partial charge on any atom is 0.254 e. The first-order valence-corrected chi connectivity index (χ1v) is 7.90. The van der Waals surface area contributed by atoms with Crippen molar-refractivity contribution in [2.45, 2.75) is 19.9 Å². The van der Waals surface area contributed by atoms with Crippen LogP contribution in [0.1, 0.15) is 35.8 Å². The predicted molar refractivity (Wildman–Crippen MR) is 91.5 cm³/mol. The fraction of sp³-hybridized carbons (Fsp3) is 0.278. The van der Waals surface area contributed by atoms with Crippen molar-refractivity contribution in [2.24, 2.45) is 0 Å². The molecule has 0 radical (unpaired) electrons. The van der Waals surface area contributed by atoms with Crippen molar-refractivity contribution in [1.29, 1.82) is 0 Å². The van der Waals surface area contributed by atoms with Gasteiger partial charge in [-0.05, 0) is 49.7 Å². The lowest BCUT2D eigenvalue weighted by molar-refractivity contribution is 0.0936. The zero-order chi connectivity index (χ0) is 17.7. The summed E-state index contributed by atoms with van der Waals surface area (Å²) in [5, 5.41) is 3.00. The Morgan fingerprint density at radius 3 is 2.62 bits per heavy atom. The Hall–Kier alpha value is -2.27. The van der Waals surface area contributed by atoms with E-state index in [0.717, 1.165) is 11.6 Å². The van der Waals surface area contributed by atoms with Crippen molar-refractivity contribution in [3.63, 3.8) is 0 Å². The van der Waals surface area contributed by atoms with Crippen molar-refractivity contribution >= 4 is 17.5 Å². The Morgan fingerprint density at radius 2 is 2.00 bits per heavy atom. The molecule has 1 N–H and O–H groups in total. The van der Waals surface area contributed by atoms with E-state index in [1.54, 1.807) is 26.2 Å². The van der Waals surface area contributed by atoms with Crippen molar-refractivity contribution in [1.82, 2.24) is 5.32 Å². The highest BCUT2D eigenvalue weighted by atomic mass is 35.5. The SMILES string of the molecule is CCOc1ccc([C@H](C)NC(=O)c2ccc(Cl)cc2F)cc1OC. The molecule has 0 bridgehead atoms. The number of ether oxygens (including phenoxy) is 2. The molecule has 128 valence electrons. The van der Waals surface area contributed by atoms with Crippen LogP contribution in [0.15, 0.2) is 36.4 Å². The van der Waals surface area contributed by atoms with E-state index in [9.17, 15) is 9.18 Å². The van der Waals surface area contributed by atoms with Crippen LogP contribution in [0.4, 0.5) is 4.39 Å². The van der Waals surface area contributed by atoms with Gasteiger partial charge in [0.15, 0.2) is 11.5 Å². The van der Waals surface area contributed by atoms with E-state index in [-0.39, 0.29) is 16.6 Å². The fourth-order valence-corrected chi connectivity index (χ4v) is 2.42. The molecule has 0 aromatic heterocycles. The summed E-state index contributed by atoms with van der Waals surface area (Å²) >= 11 is 5.70. The second-order valence-corrected chi connectivity index (χ2v) is 5.60. The first-order chi connectivity index (χ1) is 11.5. The van der Waals surface area contributed by atoms with E-state index in [4.69, 9.17) is 21.1 Å². The first kappa shape index (κ1) is 18.1. The first-order valence-electron chi connectivity index (χ1n) is 7.53. The zero-order valence-corrected chi connectivity index (χ0v) is 14.5. The summed E-state index contributed by atoms with van der Waals surface area (Å²) in [6, 6.07) is 9.01. The van der Waals surface area contributed by atoms with Gasteiger partial charge in [0.25, 0.3) is 5.91 Å². The number of benzene rings is 2. The highest BCUT2D eigenvalue weighted by molar-refractivity contribution is 6.30. The van der Waals surface area contributed by atoms with E-state index in [0.29, 0.717) is 18.1 Å². The van der Waals surface area contributed by atoms with Crippen LogP contribution in [0.5, 0.6) is 11.5 Å². The van der Waals surface area contributed by atoms with Crippen molar-refractivity contribution in [3.8, 4) is 11.5 Å². The van der Waals surface area contributed by atoms with Crippen LogP contribution in [-0.2, 0) is 0 Å². The second kappa shape index (κ2) is 8.02. The highest BCUT2D eigenvalue weighted by Gasteiger charge is 2.17. The molecule has 1 amide bonds. The summed E-state index contributed by atoms with van der Waals surface area (Å²) < 4.78 is 24.6. The normalized spacial score (nSPS) is 11.7. The summed E-state index contributed by atoms with van der Waals surface area (Å²) in [7, 11) is 1.55. The number of rotatable bonds is 6. The standard InChI is InChI=1S/C18H19ClFNO3/c1-4-24-16-8-5-12(9-17(16)23-3)11(2)21-18(22)14-7-6-13(19)10-15(14)20/h5-11H,4H2,1-3H3,(H,21,22)/t11-/m0/s1. The Kier molecular flexibility index (Phi) is 6.04. The summed E-state index contributed by atoms with van der Waals surface area (Å²) in [4.78, 5) is 12.2. The highest BCUT2D eigenvalue weighted by Crippen LogP contribution is 2.30. The zero-order valence-electron chi connectivity index (χ0n) is 13.7. The van der Waals surface area contributed by atoms with Gasteiger partial charge in [-0.2, -0.15) is 0 Å². The van der Waals surface area contributed by atoms with Gasteiger partial charge in [0.1, 0.15) is 5.82 Å². The van der Waals surface area contributed by atoms with E-state index in [2.05, 4.69) is 5.32 Å². The van der Waals surface area contributed by atoms with Crippen LogP contribution >= 0.6 is 11.6 Å². The van der Waals surface area contributed by atoms with E-state index >= 15 is 0 Å². The number of hydrogen-bond acceptors (Lipinski definition) is 3. The third-order valence-corrected chi connectivity index (χ3v) is 3.75. The van der Waals surface area contributed by atoms with Gasteiger partial charge < -0.3 is 14.8 Å². The lowest BCUT2D eigenvalue weighted by atomic mass is 10.1. The Bertz CT molecular complexity index is 736. The van der Waals surface area contributed by atoms with E-state index < -0.39 is 11.7 Å². The van der Waals surface area contributed by atoms with Gasteiger partial charge in [0.2, 0.25) is 0 Å². The van der Waals surface area contributed by atoms with Crippen LogP contribution in [-0.4, -0.2) is 19.6 Å². The maximum absolute atomic E-state index is 13.8. The van der Waals surface area contributed by atoms with Crippen molar-refractivity contribution < 1.29 is 18.7 Å². The molecule has 0 saturated heterocycles. The quantitative estimate of drug-likeness (QED) is 0.840. The lowest BCUT2D eigenvalue weighted by Gasteiger charge is -2.17. The minimum Gasteiger partial charge on any atom is -0.493 e. The molecule has 0 unspecified atom stereocenters. The van der Waals surface area contributed by atoms with Gasteiger partial charge in [-0.15, -0.1) is 0 Å². The van der Waals surface area contributed by atoms with Crippen molar-refractivity contribution in [2.75, 3.05) is 13.7 Å². The van der Waals surface area contributed by atoms with Gasteiger partial charge >= 0.3 is 0 Å². The molecule has 0 spiro atoms. The topological polar surface area (TPSA) is 47.6 Å². The monoisotopic (exact) mass is 351 g/mol. The predicted octanol–water partition coefficient (Wildman–Crippen LogP) is 4.38. The molecular weight excluding hydrogens is 333 g/mol. The molecule has 6 heteroatoms. The van der Waals surface area contributed by atoms with Gasteiger partial charge in [-0.1, -0.05) is 17.7 Å². The van der Waals surface area contributed by atoms with Crippen LogP contribution in [0, 0.1) is 5.82 Å². The summed E-state index contributed by atoms with van der Waals surface area (Å²) in [5.74, 6) is 0.0418. The summed E-state index contributed by atoms with van der Waals surface area (Å²) in [5.41, 5.74) is 0.766. The van der Waals surface area contributed by atoms with Gasteiger partial charge in [0.05, 0.1) is 25.3 Å². The average Bonchev–Trinajstić information content (AvgIpc) is 2.55. The molecule has 2 rings (SSSR count). The third kappa shape index (κ3) is 4.17. The maximum atomic E-state index is 13.8. The van der Waals surface area contributed by atoms with Crippen LogP contribution in [0.2, 0.25) is 5.02 Å². The number of methoxy groups -OCH3 is 1. The molecule has 0 fully saturated rings. The Morgan fingerprint density at radius 1 is 1.25 bits per heavy atom. The van der Waals surface area contributed by atoms with Gasteiger partial charge in [0, 0.05) is 5.02 Å². The molecule has 2 aromatic rings. The molecule has 0 aliphatic heterocycles. The number of nitrogens with one attached hydrogen (secondary N) is 1. The lowest BCUT2D eigenvalue weighted by Crippen LogP contribution is -2.27. The summed E-state index contributed by atoms with van der Waals surface area (Å²) in [6.07, 6.45) is 0. The van der Waals surface area contributed by atoms with Gasteiger partial charge in [-0.25, -0.2) is 4.39 Å². The van der Waals surface area contributed by atoms with E-state index in [1.165, 1.54) is 12.1 Å². The van der Waals surface area contributed by atoms with E-state index in [1.807, 2.05) is 13.0 Å². The minimum atomic E-state index is -0.656. The fourth-order valence-electron chi connectivity index (χ4n) is 2.26. The molecule has 2 aromatic carbocycles. The average molecular weight is 352 g/mol. The molecule has 0 aliphatic rings. The molecular formula is C18H19ClFNO3. The number of amides is 1. The molecule has 24 heavy (non-hydrogen) atoms. The smallest absolute Gasteiger partial charge is 0.254 e. The van der Waals surface area contributed by atoms with Crippen LogP contribution in [0.25, 0.3) is 0 Å². The molecule has 4 nitrogen and oxygen atoms in total. The van der Waals surface area contributed by atoms with Crippen molar-refractivity contribution in [3.05, 3.63) is 58.4 Å². The summed E-state index contributed by atoms with van der Waals surface area (Å²) in [6.45, 7) is 4.22.